The highest BCUT2D eigenvalue weighted by Gasteiger charge is 2.43. The van der Waals surface area contributed by atoms with E-state index in [1.54, 1.807) is 0 Å². The Morgan fingerprint density at radius 3 is 2.42 bits per heavy atom. The average molecular weight is 363 g/mol. The van der Waals surface area contributed by atoms with Gasteiger partial charge in [0.05, 0.1) is 6.61 Å². The maximum atomic E-state index is 12.7. The number of benzene rings is 1. The predicted molar refractivity (Wildman–Crippen MR) is 94.5 cm³/mol. The Kier molecular flexibility index (Phi) is 6.97. The van der Waals surface area contributed by atoms with Crippen LogP contribution in [0.25, 0.3) is 0 Å². The third-order valence-electron chi connectivity index (χ3n) is 4.48. The van der Waals surface area contributed by atoms with E-state index in [0.717, 1.165) is 18.4 Å². The van der Waals surface area contributed by atoms with Crippen LogP contribution in [0.1, 0.15) is 31.2 Å². The lowest BCUT2D eigenvalue weighted by molar-refractivity contribution is -0.144. The molecule has 3 amide bonds. The molecule has 1 aliphatic rings. The molecule has 1 aromatic carbocycles. The van der Waals surface area contributed by atoms with E-state index >= 15 is 0 Å². The van der Waals surface area contributed by atoms with Gasteiger partial charge in [-0.3, -0.25) is 4.79 Å². The smallest absolute Gasteiger partial charge is 0.328 e. The minimum absolute atomic E-state index is 0.142. The van der Waals surface area contributed by atoms with Gasteiger partial charge in [-0.2, -0.15) is 0 Å². The molecule has 1 aromatic rings. The van der Waals surface area contributed by atoms with Crippen molar-refractivity contribution in [3.05, 3.63) is 35.9 Å². The highest BCUT2D eigenvalue weighted by Crippen LogP contribution is 2.30. The summed E-state index contributed by atoms with van der Waals surface area (Å²) in [6.07, 6.45) is 2.51. The molecule has 142 valence electrons. The normalized spacial score (nSPS) is 16.5. The molecule has 1 aliphatic carbocycles. The molecule has 2 rings (SSSR count). The molecule has 4 N–H and O–H groups in total. The van der Waals surface area contributed by atoms with Crippen LogP contribution in [0.15, 0.2) is 30.3 Å². The number of aliphatic carboxylic acids is 1. The van der Waals surface area contributed by atoms with E-state index in [4.69, 9.17) is 4.74 Å². The van der Waals surface area contributed by atoms with Crippen LogP contribution in [-0.2, 0) is 20.9 Å². The number of carboxylic acids is 1. The first kappa shape index (κ1) is 19.7. The van der Waals surface area contributed by atoms with Crippen molar-refractivity contribution in [3.63, 3.8) is 0 Å². The zero-order valence-corrected chi connectivity index (χ0v) is 14.8. The first-order chi connectivity index (χ1) is 12.5. The molecular formula is C18H25N3O5. The summed E-state index contributed by atoms with van der Waals surface area (Å²) in [7, 11) is 1.36. The fourth-order valence-electron chi connectivity index (χ4n) is 3.06. The molecule has 8 heteroatoms. The summed E-state index contributed by atoms with van der Waals surface area (Å²) in [5.74, 6) is -1.67. The summed E-state index contributed by atoms with van der Waals surface area (Å²) < 4.78 is 4.84. The zero-order chi connectivity index (χ0) is 19.0. The quantitative estimate of drug-likeness (QED) is 0.550. The number of rotatable bonds is 8. The molecule has 0 bridgehead atoms. The molecule has 26 heavy (non-hydrogen) atoms. The Morgan fingerprint density at radius 2 is 1.85 bits per heavy atom. The van der Waals surface area contributed by atoms with Crippen LogP contribution in [0, 0.1) is 0 Å². The van der Waals surface area contributed by atoms with E-state index in [1.807, 2.05) is 30.3 Å². The van der Waals surface area contributed by atoms with Crippen LogP contribution in [0.3, 0.4) is 0 Å². The number of nitrogens with one attached hydrogen (secondary N) is 3. The van der Waals surface area contributed by atoms with Gasteiger partial charge in [-0.15, -0.1) is 0 Å². The minimum atomic E-state index is -1.18. The standard InChI is InChI=1S/C18H25N3O5/c1-26-12-14(15(22)23)20-16(24)18(9-5-6-10-18)21-17(25)19-11-13-7-3-2-4-8-13/h2-4,7-8,14H,5-6,9-12H2,1H3,(H,20,24)(H,22,23)(H2,19,21,25). The molecule has 1 fully saturated rings. The second-order valence-corrected chi connectivity index (χ2v) is 6.40. The van der Waals surface area contributed by atoms with Gasteiger partial charge in [-0.1, -0.05) is 43.2 Å². The minimum Gasteiger partial charge on any atom is -0.480 e. The molecule has 1 unspecified atom stereocenters. The number of hydrogen-bond donors (Lipinski definition) is 4. The van der Waals surface area contributed by atoms with Gasteiger partial charge in [0.1, 0.15) is 5.54 Å². The number of carboxylic acid groups (broad SMARTS) is 1. The Hall–Kier alpha value is -2.61. The highest BCUT2D eigenvalue weighted by atomic mass is 16.5. The predicted octanol–water partition coefficient (Wildman–Crippen LogP) is 1.01. The lowest BCUT2D eigenvalue weighted by Crippen LogP contribution is -2.61. The second-order valence-electron chi connectivity index (χ2n) is 6.40. The van der Waals surface area contributed by atoms with Crippen molar-refractivity contribution in [2.24, 2.45) is 0 Å². The number of urea groups is 1. The first-order valence-corrected chi connectivity index (χ1v) is 8.59. The van der Waals surface area contributed by atoms with Crippen LogP contribution in [0.5, 0.6) is 0 Å². The Morgan fingerprint density at radius 1 is 1.19 bits per heavy atom. The van der Waals surface area contributed by atoms with Crippen molar-refractivity contribution in [1.82, 2.24) is 16.0 Å². The number of hydrogen-bond acceptors (Lipinski definition) is 4. The fourth-order valence-corrected chi connectivity index (χ4v) is 3.06. The Balaban J connectivity index is 1.98. The maximum absolute atomic E-state index is 12.7. The topological polar surface area (TPSA) is 117 Å². The number of carbonyl (C=O) groups is 3. The van der Waals surface area contributed by atoms with Gasteiger partial charge < -0.3 is 25.8 Å². The summed E-state index contributed by atoms with van der Waals surface area (Å²) >= 11 is 0. The molecule has 1 atom stereocenters. The molecule has 8 nitrogen and oxygen atoms in total. The van der Waals surface area contributed by atoms with E-state index in [-0.39, 0.29) is 6.61 Å². The third-order valence-corrected chi connectivity index (χ3v) is 4.48. The monoisotopic (exact) mass is 363 g/mol. The number of carbonyl (C=O) groups excluding carboxylic acids is 2. The van der Waals surface area contributed by atoms with E-state index < -0.39 is 29.5 Å². The lowest BCUT2D eigenvalue weighted by Gasteiger charge is -2.30. The van der Waals surface area contributed by atoms with Crippen molar-refractivity contribution in [1.29, 1.82) is 0 Å². The van der Waals surface area contributed by atoms with Gasteiger partial charge in [-0.05, 0) is 18.4 Å². The number of ether oxygens (including phenoxy) is 1. The van der Waals surface area contributed by atoms with Gasteiger partial charge in [0.15, 0.2) is 6.04 Å². The summed E-state index contributed by atoms with van der Waals surface area (Å²) in [5.41, 5.74) is -0.152. The van der Waals surface area contributed by atoms with Crippen LogP contribution in [0.2, 0.25) is 0 Å². The molecule has 0 spiro atoms. The van der Waals surface area contributed by atoms with Crippen LogP contribution >= 0.6 is 0 Å². The van der Waals surface area contributed by atoms with Gasteiger partial charge in [0.2, 0.25) is 5.91 Å². The zero-order valence-electron chi connectivity index (χ0n) is 14.8. The first-order valence-electron chi connectivity index (χ1n) is 8.59. The molecule has 1 saturated carbocycles. The van der Waals surface area contributed by atoms with E-state index in [2.05, 4.69) is 16.0 Å². The molecule has 0 heterocycles. The van der Waals surface area contributed by atoms with Gasteiger partial charge in [-0.25, -0.2) is 9.59 Å². The summed E-state index contributed by atoms with van der Waals surface area (Å²) in [4.78, 5) is 36.2. The second kappa shape index (κ2) is 9.19. The molecule has 0 radical (unpaired) electrons. The largest absolute Gasteiger partial charge is 0.480 e. The highest BCUT2D eigenvalue weighted by molar-refractivity contribution is 5.93. The van der Waals surface area contributed by atoms with Crippen LogP contribution < -0.4 is 16.0 Å². The Labute approximate surface area is 152 Å². The van der Waals surface area contributed by atoms with Crippen LogP contribution in [-0.4, -0.2) is 48.3 Å². The van der Waals surface area contributed by atoms with Gasteiger partial charge in [0, 0.05) is 13.7 Å². The van der Waals surface area contributed by atoms with Gasteiger partial charge >= 0.3 is 12.0 Å². The van der Waals surface area contributed by atoms with Crippen LogP contribution in [0.4, 0.5) is 4.79 Å². The SMILES string of the molecule is COCC(NC(=O)C1(NC(=O)NCc2ccccc2)CCCC1)C(=O)O. The van der Waals surface area contributed by atoms with Crippen molar-refractivity contribution in [2.45, 2.75) is 43.8 Å². The summed E-state index contributed by atoms with van der Waals surface area (Å²) in [6, 6.07) is 7.82. The van der Waals surface area contributed by atoms with Crippen molar-refractivity contribution in [2.75, 3.05) is 13.7 Å². The summed E-state index contributed by atoms with van der Waals surface area (Å²) in [5, 5.41) is 17.1. The molecule has 0 aliphatic heterocycles. The maximum Gasteiger partial charge on any atom is 0.328 e. The summed E-state index contributed by atoms with van der Waals surface area (Å²) in [6.45, 7) is 0.198. The van der Waals surface area contributed by atoms with Crippen molar-refractivity contribution < 1.29 is 24.2 Å². The molecule has 0 aromatic heterocycles. The van der Waals surface area contributed by atoms with Gasteiger partial charge in [0.25, 0.3) is 0 Å². The third kappa shape index (κ3) is 5.19. The fraction of sp³-hybridized carbons (Fsp3) is 0.500. The molecular weight excluding hydrogens is 338 g/mol. The number of amides is 3. The lowest BCUT2D eigenvalue weighted by atomic mass is 9.96. The van der Waals surface area contributed by atoms with Crippen molar-refractivity contribution >= 4 is 17.9 Å². The van der Waals surface area contributed by atoms with Crippen molar-refractivity contribution in [3.8, 4) is 0 Å². The van der Waals surface area contributed by atoms with E-state index in [1.165, 1.54) is 7.11 Å². The number of methoxy groups -OCH3 is 1. The average Bonchev–Trinajstić information content (AvgIpc) is 3.10. The molecule has 0 saturated heterocycles. The van der Waals surface area contributed by atoms with E-state index in [9.17, 15) is 19.5 Å². The van der Waals surface area contributed by atoms with E-state index in [0.29, 0.717) is 19.4 Å². The Bertz CT molecular complexity index is 629.